The van der Waals surface area contributed by atoms with Gasteiger partial charge in [0, 0.05) is 18.3 Å². The highest BCUT2D eigenvalue weighted by atomic mass is 16.6. The van der Waals surface area contributed by atoms with Gasteiger partial charge in [0.05, 0.1) is 26.3 Å². The van der Waals surface area contributed by atoms with E-state index in [4.69, 9.17) is 28.4 Å². The summed E-state index contributed by atoms with van der Waals surface area (Å²) in [6.45, 7) is 9.27. The van der Waals surface area contributed by atoms with Crippen molar-refractivity contribution in [3.05, 3.63) is 24.3 Å². The molecule has 0 rings (SSSR count). The molecule has 2 unspecified atom stereocenters. The smallest absolute Gasteiger partial charge is 0.407 e. The molecule has 2 amide bonds. The number of esters is 2. The van der Waals surface area contributed by atoms with Gasteiger partial charge in [0.1, 0.15) is 38.6 Å². The van der Waals surface area contributed by atoms with Crippen molar-refractivity contribution in [3.63, 3.8) is 0 Å². The summed E-state index contributed by atoms with van der Waals surface area (Å²) < 4.78 is 29.8. The zero-order valence-electron chi connectivity index (χ0n) is 19.8. The topological polar surface area (TPSA) is 168 Å². The van der Waals surface area contributed by atoms with Crippen LogP contribution in [0.25, 0.3) is 0 Å². The quantitative estimate of drug-likeness (QED) is 0.109. The van der Waals surface area contributed by atoms with Crippen molar-refractivity contribution < 1.29 is 52.7 Å². The molecule has 194 valence electrons. The number of aliphatic hydroxyl groups is 1. The van der Waals surface area contributed by atoms with E-state index in [1.165, 1.54) is 21.0 Å². The predicted molar refractivity (Wildman–Crippen MR) is 118 cm³/mol. The molecule has 0 saturated heterocycles. The van der Waals surface area contributed by atoms with Crippen molar-refractivity contribution in [2.45, 2.75) is 26.1 Å². The van der Waals surface area contributed by atoms with Gasteiger partial charge in [-0.3, -0.25) is 0 Å². The monoisotopic (exact) mass is 490 g/mol. The van der Waals surface area contributed by atoms with E-state index in [2.05, 4.69) is 23.8 Å². The van der Waals surface area contributed by atoms with Crippen molar-refractivity contribution in [3.8, 4) is 0 Å². The third-order valence-electron chi connectivity index (χ3n) is 3.66. The average Bonchev–Trinajstić information content (AvgIpc) is 2.79. The van der Waals surface area contributed by atoms with E-state index in [1.807, 2.05) is 0 Å². The molecular formula is C21H34N2O11. The minimum Gasteiger partial charge on any atom is -0.460 e. The number of hydrogen-bond acceptors (Lipinski definition) is 11. The van der Waals surface area contributed by atoms with Gasteiger partial charge in [0.25, 0.3) is 0 Å². The summed E-state index contributed by atoms with van der Waals surface area (Å²) in [5, 5.41) is 14.6. The van der Waals surface area contributed by atoms with E-state index in [0.29, 0.717) is 0 Å². The number of alkyl carbamates (subject to hydrolysis) is 2. The first-order valence-corrected chi connectivity index (χ1v) is 10.3. The number of hydrogen-bond donors (Lipinski definition) is 3. The van der Waals surface area contributed by atoms with Crippen molar-refractivity contribution in [2.75, 3.05) is 59.8 Å². The fourth-order valence-electron chi connectivity index (χ4n) is 1.85. The van der Waals surface area contributed by atoms with Gasteiger partial charge >= 0.3 is 24.1 Å². The van der Waals surface area contributed by atoms with Crippen LogP contribution in [0.5, 0.6) is 0 Å². The summed E-state index contributed by atoms with van der Waals surface area (Å²) >= 11 is 0. The Morgan fingerprint density at radius 3 is 1.68 bits per heavy atom. The summed E-state index contributed by atoms with van der Waals surface area (Å²) in [4.78, 5) is 45.5. The Labute approximate surface area is 198 Å². The fourth-order valence-corrected chi connectivity index (χ4v) is 1.85. The van der Waals surface area contributed by atoms with Crippen LogP contribution in [0.15, 0.2) is 24.3 Å². The maximum absolute atomic E-state index is 11.6. The lowest BCUT2D eigenvalue weighted by Gasteiger charge is -2.17. The van der Waals surface area contributed by atoms with Crippen molar-refractivity contribution in [1.82, 2.24) is 10.6 Å². The van der Waals surface area contributed by atoms with Crippen molar-refractivity contribution in [1.29, 1.82) is 0 Å². The zero-order valence-corrected chi connectivity index (χ0v) is 19.8. The van der Waals surface area contributed by atoms with Crippen LogP contribution in [0.3, 0.4) is 0 Å². The maximum atomic E-state index is 11.6. The van der Waals surface area contributed by atoms with E-state index in [1.54, 1.807) is 0 Å². The van der Waals surface area contributed by atoms with E-state index < -0.39 is 36.3 Å². The number of aliphatic hydroxyl groups excluding tert-OH is 1. The normalized spacial score (nSPS) is 12.0. The second kappa shape index (κ2) is 18.3. The van der Waals surface area contributed by atoms with Crippen LogP contribution < -0.4 is 10.6 Å². The highest BCUT2D eigenvalue weighted by molar-refractivity contribution is 5.87. The van der Waals surface area contributed by atoms with Crippen LogP contribution in [0.2, 0.25) is 0 Å². The largest absolute Gasteiger partial charge is 0.460 e. The summed E-state index contributed by atoms with van der Waals surface area (Å²) in [7, 11) is 1.39. The summed E-state index contributed by atoms with van der Waals surface area (Å²) in [5.41, 5.74) is 0.499. The molecule has 0 saturated carbocycles. The molecule has 0 aromatic carbocycles. The maximum Gasteiger partial charge on any atom is 0.407 e. The number of ether oxygens (including phenoxy) is 6. The van der Waals surface area contributed by atoms with Crippen LogP contribution in [0.4, 0.5) is 9.59 Å². The lowest BCUT2D eigenvalue weighted by Crippen LogP contribution is -2.34. The third kappa shape index (κ3) is 16.5. The number of rotatable bonds is 17. The number of methoxy groups -OCH3 is 1. The zero-order chi connectivity index (χ0) is 25.9. The first-order valence-electron chi connectivity index (χ1n) is 10.3. The number of nitrogens with one attached hydrogen (secondary N) is 2. The molecule has 0 bridgehead atoms. The number of carbonyl (C=O) groups excluding carboxylic acids is 4. The number of amides is 2. The number of carbonyl (C=O) groups is 4. The minimum atomic E-state index is -1.10. The second-order valence-corrected chi connectivity index (χ2v) is 6.93. The molecule has 3 N–H and O–H groups in total. The highest BCUT2D eigenvalue weighted by Crippen LogP contribution is 1.97. The highest BCUT2D eigenvalue weighted by Gasteiger charge is 2.14. The standard InChI is InChI=1S/C21H34N2O11/c1-14(2)18(25)31-8-6-22-20(27)33-11-16(24)10-30-12-17(29-5)13-34-21(28)23-7-9-32-19(26)15(3)4/h16-17,24H,1,3,6-13H2,2,4-5H3,(H,22,27)(H,23,28). The first-order chi connectivity index (χ1) is 16.1. The molecule has 0 aliphatic heterocycles. The fraction of sp³-hybridized carbons (Fsp3) is 0.619. The predicted octanol–water partition coefficient (Wildman–Crippen LogP) is 0.0699. The van der Waals surface area contributed by atoms with Gasteiger partial charge in [0.15, 0.2) is 0 Å². The van der Waals surface area contributed by atoms with E-state index in [-0.39, 0.29) is 63.9 Å². The first kappa shape index (κ1) is 30.8. The van der Waals surface area contributed by atoms with Gasteiger partial charge in [-0.2, -0.15) is 0 Å². The molecule has 0 aliphatic carbocycles. The van der Waals surface area contributed by atoms with Crippen molar-refractivity contribution in [2.24, 2.45) is 0 Å². The van der Waals surface area contributed by atoms with Gasteiger partial charge in [-0.1, -0.05) is 13.2 Å². The van der Waals surface area contributed by atoms with Gasteiger partial charge < -0.3 is 44.2 Å². The van der Waals surface area contributed by atoms with E-state index in [9.17, 15) is 24.3 Å². The average molecular weight is 491 g/mol. The summed E-state index contributed by atoms with van der Waals surface area (Å²) in [5.74, 6) is -1.12. The minimum absolute atomic E-state index is 0.00263. The van der Waals surface area contributed by atoms with Gasteiger partial charge in [0.2, 0.25) is 0 Å². The van der Waals surface area contributed by atoms with Crippen LogP contribution in [-0.2, 0) is 38.0 Å². The Morgan fingerprint density at radius 2 is 1.24 bits per heavy atom. The lowest BCUT2D eigenvalue weighted by atomic mass is 10.4. The van der Waals surface area contributed by atoms with Crippen LogP contribution >= 0.6 is 0 Å². The molecule has 0 aliphatic rings. The Morgan fingerprint density at radius 1 is 0.765 bits per heavy atom. The Balaban J connectivity index is 3.88. The summed E-state index contributed by atoms with van der Waals surface area (Å²) in [6, 6.07) is 0. The molecule has 13 heteroatoms. The third-order valence-corrected chi connectivity index (χ3v) is 3.66. The van der Waals surface area contributed by atoms with E-state index in [0.717, 1.165) is 0 Å². The molecule has 0 aromatic rings. The Kier molecular flexibility index (Phi) is 16.6. The molecule has 0 heterocycles. The summed E-state index contributed by atoms with van der Waals surface area (Å²) in [6.07, 6.45) is -3.24. The van der Waals surface area contributed by atoms with Gasteiger partial charge in [-0.05, 0) is 13.8 Å². The molecule has 0 radical (unpaired) electrons. The SMILES string of the molecule is C=C(C)C(=O)OCCNC(=O)OCC(O)COCC(COC(=O)NCCOC(=O)C(=C)C)OC. The van der Waals surface area contributed by atoms with Gasteiger partial charge in [-0.25, -0.2) is 19.2 Å². The lowest BCUT2D eigenvalue weighted by molar-refractivity contribution is -0.139. The van der Waals surface area contributed by atoms with Gasteiger partial charge in [-0.15, -0.1) is 0 Å². The molecule has 2 atom stereocenters. The molecule has 0 aromatic heterocycles. The second-order valence-electron chi connectivity index (χ2n) is 6.93. The van der Waals surface area contributed by atoms with Crippen LogP contribution in [0, 0.1) is 0 Å². The molecule has 34 heavy (non-hydrogen) atoms. The van der Waals surface area contributed by atoms with Crippen LogP contribution in [0.1, 0.15) is 13.8 Å². The Hall–Kier alpha value is -3.16. The Bertz CT molecular complexity index is 696. The molecule has 13 nitrogen and oxygen atoms in total. The molecule has 0 fully saturated rings. The molecular weight excluding hydrogens is 456 g/mol. The van der Waals surface area contributed by atoms with E-state index >= 15 is 0 Å². The van der Waals surface area contributed by atoms with Crippen molar-refractivity contribution >= 4 is 24.1 Å². The molecule has 0 spiro atoms. The van der Waals surface area contributed by atoms with Crippen LogP contribution in [-0.4, -0.2) is 101 Å².